The second kappa shape index (κ2) is 5.18. The van der Waals surface area contributed by atoms with Crippen LogP contribution in [0, 0.1) is 6.92 Å². The molecule has 0 saturated heterocycles. The normalized spacial score (nSPS) is 12.6. The second-order valence-electron chi connectivity index (χ2n) is 5.01. The van der Waals surface area contributed by atoms with E-state index < -0.39 is 6.10 Å². The highest BCUT2D eigenvalue weighted by molar-refractivity contribution is 5.82. The highest BCUT2D eigenvalue weighted by Gasteiger charge is 2.22. The lowest BCUT2D eigenvalue weighted by molar-refractivity contribution is 0.200. The fourth-order valence-electron chi connectivity index (χ4n) is 2.55. The van der Waals surface area contributed by atoms with Gasteiger partial charge in [-0.25, -0.2) is 4.98 Å². The molecule has 0 saturated carbocycles. The molecule has 108 valence electrons. The lowest BCUT2D eigenvalue weighted by Gasteiger charge is -2.14. The van der Waals surface area contributed by atoms with E-state index in [4.69, 9.17) is 4.74 Å². The number of pyridine rings is 1. The molecule has 1 unspecified atom stereocenters. The summed E-state index contributed by atoms with van der Waals surface area (Å²) in [5, 5.41) is 15.9. The molecule has 0 radical (unpaired) electrons. The Hall–Kier alpha value is -2.40. The fourth-order valence-corrected chi connectivity index (χ4v) is 2.55. The minimum absolute atomic E-state index is 0.553. The molecule has 3 aromatic rings. The van der Waals surface area contributed by atoms with Gasteiger partial charge in [0.05, 0.1) is 24.5 Å². The van der Waals surface area contributed by atoms with Gasteiger partial charge in [-0.15, -0.1) is 0 Å². The van der Waals surface area contributed by atoms with Crippen LogP contribution < -0.4 is 4.74 Å². The van der Waals surface area contributed by atoms with E-state index in [2.05, 4.69) is 10.1 Å². The molecule has 3 rings (SSSR count). The van der Waals surface area contributed by atoms with E-state index in [1.807, 2.05) is 37.3 Å². The van der Waals surface area contributed by atoms with Crippen molar-refractivity contribution in [2.45, 2.75) is 13.0 Å². The van der Waals surface area contributed by atoms with Crippen molar-refractivity contribution in [3.05, 3.63) is 53.5 Å². The zero-order valence-corrected chi connectivity index (χ0v) is 12.2. The van der Waals surface area contributed by atoms with Crippen LogP contribution in [0.3, 0.4) is 0 Å². The molecular weight excluding hydrogens is 266 g/mol. The van der Waals surface area contributed by atoms with E-state index in [-0.39, 0.29) is 0 Å². The van der Waals surface area contributed by atoms with E-state index >= 15 is 0 Å². The van der Waals surface area contributed by atoms with E-state index in [0.717, 1.165) is 16.5 Å². The second-order valence-corrected chi connectivity index (χ2v) is 5.01. The predicted octanol–water partition coefficient (Wildman–Crippen LogP) is 2.37. The molecule has 1 aromatic carbocycles. The van der Waals surface area contributed by atoms with Gasteiger partial charge in [0.15, 0.2) is 5.75 Å². The topological polar surface area (TPSA) is 60.2 Å². The first-order valence-electron chi connectivity index (χ1n) is 6.72. The van der Waals surface area contributed by atoms with Crippen molar-refractivity contribution in [3.8, 4) is 5.75 Å². The van der Waals surface area contributed by atoms with Crippen molar-refractivity contribution < 1.29 is 9.84 Å². The van der Waals surface area contributed by atoms with Crippen LogP contribution >= 0.6 is 0 Å². The lowest BCUT2D eigenvalue weighted by atomic mass is 10.1. The smallest absolute Gasteiger partial charge is 0.163 e. The molecule has 0 fully saturated rings. The van der Waals surface area contributed by atoms with Crippen LogP contribution in [0.15, 0.2) is 36.5 Å². The molecular formula is C16H17N3O2. The molecule has 0 aliphatic heterocycles. The number of rotatable bonds is 3. The Balaban J connectivity index is 2.13. The molecule has 1 atom stereocenters. The first kappa shape index (κ1) is 13.6. The number of aryl methyl sites for hydroxylation is 2. The van der Waals surface area contributed by atoms with Crippen molar-refractivity contribution in [3.63, 3.8) is 0 Å². The average molecular weight is 283 g/mol. The Morgan fingerprint density at radius 3 is 2.81 bits per heavy atom. The van der Waals surface area contributed by atoms with Crippen molar-refractivity contribution >= 4 is 10.9 Å². The summed E-state index contributed by atoms with van der Waals surface area (Å²) in [5.74, 6) is 0.553. The monoisotopic (exact) mass is 283 g/mol. The zero-order chi connectivity index (χ0) is 15.0. The van der Waals surface area contributed by atoms with Gasteiger partial charge in [0, 0.05) is 12.4 Å². The number of aliphatic hydroxyl groups excluding tert-OH is 1. The predicted molar refractivity (Wildman–Crippen MR) is 80.3 cm³/mol. The summed E-state index contributed by atoms with van der Waals surface area (Å²) in [5.41, 5.74) is 3.14. The molecule has 21 heavy (non-hydrogen) atoms. The largest absolute Gasteiger partial charge is 0.493 e. The Bertz CT molecular complexity index is 795. The summed E-state index contributed by atoms with van der Waals surface area (Å²) >= 11 is 0. The summed E-state index contributed by atoms with van der Waals surface area (Å²) in [6, 6.07) is 9.80. The first-order chi connectivity index (χ1) is 10.1. The number of methoxy groups -OCH3 is 1. The molecule has 0 aliphatic rings. The maximum atomic E-state index is 10.7. The average Bonchev–Trinajstić information content (AvgIpc) is 2.87. The van der Waals surface area contributed by atoms with Crippen LogP contribution in [0.25, 0.3) is 10.9 Å². The number of ether oxygens (including phenoxy) is 1. The third-order valence-corrected chi connectivity index (χ3v) is 3.65. The number of aliphatic hydroxyl groups is 1. The summed E-state index contributed by atoms with van der Waals surface area (Å²) < 4.78 is 6.86. The van der Waals surface area contributed by atoms with Gasteiger partial charge in [0.1, 0.15) is 11.8 Å². The van der Waals surface area contributed by atoms with Gasteiger partial charge in [0.2, 0.25) is 0 Å². The number of fused-ring (bicyclic) bond motifs is 1. The molecule has 5 nitrogen and oxygen atoms in total. The number of para-hydroxylation sites is 1. The molecule has 0 bridgehead atoms. The number of benzene rings is 1. The van der Waals surface area contributed by atoms with E-state index in [1.165, 1.54) is 0 Å². The first-order valence-corrected chi connectivity index (χ1v) is 6.72. The molecule has 0 spiro atoms. The maximum absolute atomic E-state index is 10.7. The summed E-state index contributed by atoms with van der Waals surface area (Å²) in [6.07, 6.45) is 0.711. The van der Waals surface area contributed by atoms with Gasteiger partial charge in [-0.3, -0.25) is 4.68 Å². The van der Waals surface area contributed by atoms with Crippen molar-refractivity contribution in [2.24, 2.45) is 7.05 Å². The Kier molecular flexibility index (Phi) is 3.35. The summed E-state index contributed by atoms with van der Waals surface area (Å²) in [4.78, 5) is 4.56. The third kappa shape index (κ3) is 2.25. The van der Waals surface area contributed by atoms with Gasteiger partial charge in [0.25, 0.3) is 0 Å². The van der Waals surface area contributed by atoms with Crippen LogP contribution in [-0.2, 0) is 7.05 Å². The molecule has 5 heteroatoms. The standard InChI is InChI=1S/C16H17N3O2/c1-10-8-13(18-12-7-5-4-6-11(10)12)16(20)15-14(21-3)9-17-19(15)2/h4-9,16,20H,1-3H3. The minimum atomic E-state index is -0.879. The molecule has 2 aromatic heterocycles. The van der Waals surface area contributed by atoms with Gasteiger partial charge < -0.3 is 9.84 Å². The highest BCUT2D eigenvalue weighted by Crippen LogP contribution is 2.30. The van der Waals surface area contributed by atoms with E-state index in [9.17, 15) is 5.11 Å². The van der Waals surface area contributed by atoms with Gasteiger partial charge in [-0.05, 0) is 24.6 Å². The van der Waals surface area contributed by atoms with Crippen LogP contribution in [0.1, 0.15) is 23.1 Å². The van der Waals surface area contributed by atoms with Gasteiger partial charge in [-0.2, -0.15) is 5.10 Å². The lowest BCUT2D eigenvalue weighted by Crippen LogP contribution is -2.10. The van der Waals surface area contributed by atoms with Crippen molar-refractivity contribution in [1.29, 1.82) is 0 Å². The van der Waals surface area contributed by atoms with Crippen LogP contribution in [0.2, 0.25) is 0 Å². The molecule has 2 heterocycles. The van der Waals surface area contributed by atoms with Gasteiger partial charge in [-0.1, -0.05) is 18.2 Å². The van der Waals surface area contributed by atoms with Crippen LogP contribution in [0.5, 0.6) is 5.75 Å². The van der Waals surface area contributed by atoms with Crippen LogP contribution in [-0.4, -0.2) is 27.0 Å². The van der Waals surface area contributed by atoms with Crippen molar-refractivity contribution in [2.75, 3.05) is 7.11 Å². The number of hydrogen-bond acceptors (Lipinski definition) is 4. The minimum Gasteiger partial charge on any atom is -0.493 e. The summed E-state index contributed by atoms with van der Waals surface area (Å²) in [7, 11) is 3.33. The fraction of sp³-hybridized carbons (Fsp3) is 0.250. The van der Waals surface area contributed by atoms with Gasteiger partial charge >= 0.3 is 0 Å². The highest BCUT2D eigenvalue weighted by atomic mass is 16.5. The number of hydrogen-bond donors (Lipinski definition) is 1. The molecule has 0 aliphatic carbocycles. The molecule has 1 N–H and O–H groups in total. The SMILES string of the molecule is COc1cnn(C)c1C(O)c1cc(C)c2ccccc2n1. The van der Waals surface area contributed by atoms with E-state index in [1.54, 1.807) is 25.0 Å². The van der Waals surface area contributed by atoms with Crippen molar-refractivity contribution in [1.82, 2.24) is 14.8 Å². The Morgan fingerprint density at radius 1 is 1.29 bits per heavy atom. The Labute approximate surface area is 122 Å². The third-order valence-electron chi connectivity index (χ3n) is 3.65. The molecule has 0 amide bonds. The quantitative estimate of drug-likeness (QED) is 0.801. The van der Waals surface area contributed by atoms with E-state index in [0.29, 0.717) is 17.1 Å². The Morgan fingerprint density at radius 2 is 2.05 bits per heavy atom. The zero-order valence-electron chi connectivity index (χ0n) is 12.2. The number of nitrogens with zero attached hydrogens (tertiary/aromatic N) is 3. The number of aromatic nitrogens is 3. The summed E-state index contributed by atoms with van der Waals surface area (Å²) in [6.45, 7) is 2.01. The van der Waals surface area contributed by atoms with Crippen LogP contribution in [0.4, 0.5) is 0 Å². The maximum Gasteiger partial charge on any atom is 0.163 e.